The van der Waals surface area contributed by atoms with Crippen molar-refractivity contribution in [3.8, 4) is 17.2 Å². The molecule has 0 heterocycles. The van der Waals surface area contributed by atoms with Crippen molar-refractivity contribution in [3.05, 3.63) is 54.1 Å². The third-order valence-corrected chi connectivity index (χ3v) is 4.22. The lowest BCUT2D eigenvalue weighted by Gasteiger charge is -2.23. The molecule has 0 saturated heterocycles. The number of methoxy groups -OCH3 is 2. The lowest BCUT2D eigenvalue weighted by atomic mass is 10.0. The Balaban J connectivity index is 2.11. The van der Waals surface area contributed by atoms with Gasteiger partial charge < -0.3 is 19.5 Å². The number of hydrogen-bond acceptors (Lipinski definition) is 4. The Bertz CT molecular complexity index is 702. The monoisotopic (exact) mass is 357 g/mol. The molecule has 0 aromatic heterocycles. The van der Waals surface area contributed by atoms with Crippen molar-refractivity contribution in [3.63, 3.8) is 0 Å². The minimum absolute atomic E-state index is 0.127. The highest BCUT2D eigenvalue weighted by atomic mass is 16.5. The lowest BCUT2D eigenvalue weighted by Crippen LogP contribution is -2.39. The summed E-state index contributed by atoms with van der Waals surface area (Å²) in [4.78, 5) is 12.7. The molecule has 0 bridgehead atoms. The molecule has 0 aliphatic heterocycles. The Kier molecular flexibility index (Phi) is 7.33. The van der Waals surface area contributed by atoms with Gasteiger partial charge in [-0.3, -0.25) is 4.79 Å². The van der Waals surface area contributed by atoms with Crippen molar-refractivity contribution in [1.82, 2.24) is 5.32 Å². The molecule has 0 fully saturated rings. The van der Waals surface area contributed by atoms with Gasteiger partial charge in [-0.1, -0.05) is 38.1 Å². The second-order valence-electron chi connectivity index (χ2n) is 5.91. The van der Waals surface area contributed by atoms with Gasteiger partial charge >= 0.3 is 0 Å². The van der Waals surface area contributed by atoms with Gasteiger partial charge in [-0.05, 0) is 42.7 Å². The minimum atomic E-state index is -0.536. The highest BCUT2D eigenvalue weighted by molar-refractivity contribution is 5.81. The van der Waals surface area contributed by atoms with Gasteiger partial charge in [-0.25, -0.2) is 0 Å². The van der Waals surface area contributed by atoms with Gasteiger partial charge in [0.1, 0.15) is 5.75 Å². The Labute approximate surface area is 155 Å². The molecule has 26 heavy (non-hydrogen) atoms. The zero-order valence-corrected chi connectivity index (χ0v) is 15.8. The molecule has 1 N–H and O–H groups in total. The molecule has 5 nitrogen and oxygen atoms in total. The molecule has 0 aliphatic rings. The zero-order valence-electron chi connectivity index (χ0n) is 15.8. The molecule has 2 aromatic carbocycles. The van der Waals surface area contributed by atoms with E-state index in [4.69, 9.17) is 14.2 Å². The molecule has 0 radical (unpaired) electrons. The number of para-hydroxylation sites is 1. The maximum absolute atomic E-state index is 12.7. The Hall–Kier alpha value is -2.69. The smallest absolute Gasteiger partial charge is 0.261 e. The summed E-state index contributed by atoms with van der Waals surface area (Å²) in [6.07, 6.45) is 0.804. The van der Waals surface area contributed by atoms with Crippen LogP contribution in [0.25, 0.3) is 0 Å². The molecule has 2 aromatic rings. The normalized spacial score (nSPS) is 12.8. The molecular weight excluding hydrogens is 330 g/mol. The number of amides is 1. The fraction of sp³-hybridized carbons (Fsp3) is 0.381. The van der Waals surface area contributed by atoms with Crippen LogP contribution in [0.2, 0.25) is 0 Å². The first-order valence-corrected chi connectivity index (χ1v) is 8.86. The van der Waals surface area contributed by atoms with Gasteiger partial charge in [0.2, 0.25) is 0 Å². The topological polar surface area (TPSA) is 56.8 Å². The molecule has 0 unspecified atom stereocenters. The average Bonchev–Trinajstić information content (AvgIpc) is 2.70. The number of carbonyl (C=O) groups excluding carboxylic acids is 1. The second kappa shape index (κ2) is 9.70. The van der Waals surface area contributed by atoms with Crippen LogP contribution in [0.15, 0.2) is 48.5 Å². The van der Waals surface area contributed by atoms with Crippen LogP contribution in [0.1, 0.15) is 38.3 Å². The fourth-order valence-electron chi connectivity index (χ4n) is 2.74. The standard InChI is InChI=1S/C21H27NO4/c1-5-17(15-12-13-19(24-3)20(14-15)25-4)22-21(23)18(6-2)26-16-10-8-7-9-11-16/h7-14,17-18H,5-6H2,1-4H3,(H,22,23)/t17-,18-/m1/s1. The van der Waals surface area contributed by atoms with Gasteiger partial charge in [-0.15, -0.1) is 0 Å². The highest BCUT2D eigenvalue weighted by Crippen LogP contribution is 2.31. The summed E-state index contributed by atoms with van der Waals surface area (Å²) >= 11 is 0. The average molecular weight is 357 g/mol. The SMILES string of the molecule is CC[C@@H](Oc1ccccc1)C(=O)N[C@H](CC)c1ccc(OC)c(OC)c1. The van der Waals surface area contributed by atoms with E-state index < -0.39 is 6.10 Å². The summed E-state index contributed by atoms with van der Waals surface area (Å²) < 4.78 is 16.5. The van der Waals surface area contributed by atoms with Gasteiger partial charge in [-0.2, -0.15) is 0 Å². The van der Waals surface area contributed by atoms with Gasteiger partial charge in [0, 0.05) is 0 Å². The van der Waals surface area contributed by atoms with E-state index in [9.17, 15) is 4.79 Å². The van der Waals surface area contributed by atoms with Crippen LogP contribution in [-0.4, -0.2) is 26.2 Å². The van der Waals surface area contributed by atoms with Crippen molar-refractivity contribution >= 4 is 5.91 Å². The van der Waals surface area contributed by atoms with Crippen molar-refractivity contribution in [2.45, 2.75) is 38.8 Å². The number of nitrogens with one attached hydrogen (secondary N) is 1. The summed E-state index contributed by atoms with van der Waals surface area (Å²) in [5.41, 5.74) is 0.966. The first-order valence-electron chi connectivity index (χ1n) is 8.86. The summed E-state index contributed by atoms with van der Waals surface area (Å²) in [6.45, 7) is 3.96. The number of hydrogen-bond donors (Lipinski definition) is 1. The van der Waals surface area contributed by atoms with Gasteiger partial charge in [0.05, 0.1) is 20.3 Å². The van der Waals surface area contributed by atoms with Crippen LogP contribution in [0.3, 0.4) is 0 Å². The van der Waals surface area contributed by atoms with Crippen LogP contribution in [0, 0.1) is 0 Å². The largest absolute Gasteiger partial charge is 0.493 e. The molecule has 1 amide bonds. The van der Waals surface area contributed by atoms with Gasteiger partial charge in [0.25, 0.3) is 5.91 Å². The number of benzene rings is 2. The van der Waals surface area contributed by atoms with Gasteiger partial charge in [0.15, 0.2) is 17.6 Å². The molecule has 2 atom stereocenters. The fourth-order valence-corrected chi connectivity index (χ4v) is 2.74. The van der Waals surface area contributed by atoms with E-state index in [0.29, 0.717) is 23.7 Å². The summed E-state index contributed by atoms with van der Waals surface area (Å²) in [5.74, 6) is 1.87. The van der Waals surface area contributed by atoms with Crippen molar-refractivity contribution < 1.29 is 19.0 Å². The Morgan fingerprint density at radius 1 is 0.962 bits per heavy atom. The van der Waals surface area contributed by atoms with Crippen LogP contribution in [0.4, 0.5) is 0 Å². The van der Waals surface area contributed by atoms with E-state index in [1.54, 1.807) is 14.2 Å². The Morgan fingerprint density at radius 2 is 1.65 bits per heavy atom. The van der Waals surface area contributed by atoms with Crippen molar-refractivity contribution in [2.75, 3.05) is 14.2 Å². The summed E-state index contributed by atoms with van der Waals surface area (Å²) in [5, 5.41) is 3.08. The molecule has 0 spiro atoms. The van der Waals surface area contributed by atoms with Crippen LogP contribution >= 0.6 is 0 Å². The third-order valence-electron chi connectivity index (χ3n) is 4.22. The summed E-state index contributed by atoms with van der Waals surface area (Å²) in [6, 6.07) is 14.9. The second-order valence-corrected chi connectivity index (χ2v) is 5.91. The molecule has 0 aliphatic carbocycles. The Morgan fingerprint density at radius 3 is 2.23 bits per heavy atom. The first kappa shape index (κ1) is 19.6. The first-order chi connectivity index (χ1) is 12.6. The molecular formula is C21H27NO4. The third kappa shape index (κ3) is 4.91. The van der Waals surface area contributed by atoms with E-state index in [1.165, 1.54) is 0 Å². The van der Waals surface area contributed by atoms with Crippen LogP contribution in [-0.2, 0) is 4.79 Å². The lowest BCUT2D eigenvalue weighted by molar-refractivity contribution is -0.128. The quantitative estimate of drug-likeness (QED) is 0.733. The van der Waals surface area contributed by atoms with E-state index in [2.05, 4.69) is 5.32 Å². The number of ether oxygens (including phenoxy) is 3. The highest BCUT2D eigenvalue weighted by Gasteiger charge is 2.22. The molecule has 140 valence electrons. The number of carbonyl (C=O) groups is 1. The zero-order chi connectivity index (χ0) is 18.9. The van der Waals surface area contributed by atoms with Crippen LogP contribution < -0.4 is 19.5 Å². The number of rotatable bonds is 9. The molecule has 0 saturated carbocycles. The van der Waals surface area contributed by atoms with E-state index >= 15 is 0 Å². The van der Waals surface area contributed by atoms with Crippen molar-refractivity contribution in [2.24, 2.45) is 0 Å². The summed E-state index contributed by atoms with van der Waals surface area (Å²) in [7, 11) is 3.20. The van der Waals surface area contributed by atoms with E-state index in [-0.39, 0.29) is 11.9 Å². The van der Waals surface area contributed by atoms with Crippen molar-refractivity contribution in [1.29, 1.82) is 0 Å². The predicted molar refractivity (Wildman–Crippen MR) is 102 cm³/mol. The van der Waals surface area contributed by atoms with E-state index in [1.807, 2.05) is 62.4 Å². The van der Waals surface area contributed by atoms with E-state index in [0.717, 1.165) is 12.0 Å². The maximum atomic E-state index is 12.7. The molecule has 2 rings (SSSR count). The predicted octanol–water partition coefficient (Wildman–Crippen LogP) is 4.13. The van der Waals surface area contributed by atoms with Crippen LogP contribution in [0.5, 0.6) is 17.2 Å². The molecule has 5 heteroatoms. The maximum Gasteiger partial charge on any atom is 0.261 e. The minimum Gasteiger partial charge on any atom is -0.493 e.